The topological polar surface area (TPSA) is 203 Å². The van der Waals surface area contributed by atoms with Crippen LogP contribution in [0.4, 0.5) is 34.1 Å². The van der Waals surface area contributed by atoms with Crippen LogP contribution < -0.4 is 33.6 Å². The largest absolute Gasteiger partial charge is 0.398 e. The molecule has 2 unspecified atom stereocenters. The Hall–Kier alpha value is -3.50. The number of benzene rings is 2. The Kier molecular flexibility index (Phi) is 5.96. The van der Waals surface area contributed by atoms with E-state index < -0.39 is 24.0 Å². The van der Waals surface area contributed by atoms with Gasteiger partial charge in [-0.15, -0.1) is 0 Å². The SMILES string of the molecule is CC(O)C(=O)Nc1cc(N)c(-c2c(N)cc(NC(=O)C(C)O)cc2N)c(N)c1. The van der Waals surface area contributed by atoms with Gasteiger partial charge < -0.3 is 43.8 Å². The predicted molar refractivity (Wildman–Crippen MR) is 110 cm³/mol. The lowest BCUT2D eigenvalue weighted by atomic mass is 9.97. The molecule has 0 saturated carbocycles. The molecule has 0 bridgehead atoms. The third-order valence-corrected chi connectivity index (χ3v) is 3.94. The first-order valence-electron chi connectivity index (χ1n) is 8.37. The summed E-state index contributed by atoms with van der Waals surface area (Å²) < 4.78 is 0. The maximum atomic E-state index is 11.6. The number of hydrogen-bond donors (Lipinski definition) is 8. The van der Waals surface area contributed by atoms with Crippen molar-refractivity contribution >= 4 is 45.9 Å². The second-order valence-corrected chi connectivity index (χ2v) is 6.39. The molecule has 10 heteroatoms. The summed E-state index contributed by atoms with van der Waals surface area (Å²) in [5.41, 5.74) is 26.6. The smallest absolute Gasteiger partial charge is 0.252 e. The first-order chi connectivity index (χ1) is 13.0. The van der Waals surface area contributed by atoms with Crippen LogP contribution in [0.2, 0.25) is 0 Å². The lowest BCUT2D eigenvalue weighted by Crippen LogP contribution is -2.24. The van der Waals surface area contributed by atoms with E-state index in [0.29, 0.717) is 22.5 Å². The summed E-state index contributed by atoms with van der Waals surface area (Å²) in [4.78, 5) is 23.3. The lowest BCUT2D eigenvalue weighted by Gasteiger charge is -2.18. The van der Waals surface area contributed by atoms with Crippen LogP contribution in [0, 0.1) is 0 Å². The fourth-order valence-corrected chi connectivity index (χ4v) is 2.59. The molecule has 2 amide bonds. The van der Waals surface area contributed by atoms with Gasteiger partial charge in [0.1, 0.15) is 12.2 Å². The van der Waals surface area contributed by atoms with Crippen LogP contribution in [-0.2, 0) is 9.59 Å². The molecule has 0 heterocycles. The van der Waals surface area contributed by atoms with Crippen LogP contribution in [0.5, 0.6) is 0 Å². The molecule has 0 fully saturated rings. The Morgan fingerprint density at radius 3 is 1.18 bits per heavy atom. The average Bonchev–Trinajstić information content (AvgIpc) is 2.56. The number of aliphatic hydroxyl groups is 2. The number of rotatable bonds is 5. The van der Waals surface area contributed by atoms with Crippen molar-refractivity contribution in [3.63, 3.8) is 0 Å². The number of nitrogens with two attached hydrogens (primary N) is 4. The van der Waals surface area contributed by atoms with Gasteiger partial charge in [0.25, 0.3) is 11.8 Å². The summed E-state index contributed by atoms with van der Waals surface area (Å²) in [6.07, 6.45) is -2.39. The standard InChI is InChI=1S/C18H24N6O4/c1-7(25)17(27)23-9-3-11(19)15(12(20)4-9)16-13(21)5-10(6-14(16)22)24-18(28)8(2)26/h3-8,25-26H,19-22H2,1-2H3,(H,23,27)(H,24,28). The van der Waals surface area contributed by atoms with Gasteiger partial charge in [0.15, 0.2) is 0 Å². The van der Waals surface area contributed by atoms with Crippen LogP contribution in [-0.4, -0.2) is 34.2 Å². The Bertz CT molecular complexity index is 805. The second-order valence-electron chi connectivity index (χ2n) is 6.39. The molecule has 2 aromatic rings. The van der Waals surface area contributed by atoms with E-state index >= 15 is 0 Å². The first kappa shape index (κ1) is 20.8. The zero-order valence-electron chi connectivity index (χ0n) is 15.5. The van der Waals surface area contributed by atoms with Crippen molar-refractivity contribution in [2.24, 2.45) is 0 Å². The number of amides is 2. The average molecular weight is 388 g/mol. The van der Waals surface area contributed by atoms with Crippen molar-refractivity contribution in [1.82, 2.24) is 0 Å². The number of hydrogen-bond acceptors (Lipinski definition) is 8. The van der Waals surface area contributed by atoms with Crippen LogP contribution >= 0.6 is 0 Å². The Morgan fingerprint density at radius 1 is 0.714 bits per heavy atom. The lowest BCUT2D eigenvalue weighted by molar-refractivity contribution is -0.123. The summed E-state index contributed by atoms with van der Waals surface area (Å²) >= 11 is 0. The Labute approximate surface area is 161 Å². The summed E-state index contributed by atoms with van der Waals surface area (Å²) in [5, 5.41) is 23.6. The van der Waals surface area contributed by atoms with Crippen molar-refractivity contribution in [2.75, 3.05) is 33.6 Å². The highest BCUT2D eigenvalue weighted by molar-refractivity contribution is 6.03. The second kappa shape index (κ2) is 8.03. The molecule has 0 aliphatic rings. The number of carbonyl (C=O) groups excluding carboxylic acids is 2. The van der Waals surface area contributed by atoms with E-state index in [-0.39, 0.29) is 22.7 Å². The van der Waals surface area contributed by atoms with Gasteiger partial charge in [0.2, 0.25) is 0 Å². The summed E-state index contributed by atoms with van der Waals surface area (Å²) in [6, 6.07) is 5.87. The molecule has 10 nitrogen and oxygen atoms in total. The van der Waals surface area contributed by atoms with Gasteiger partial charge in [-0.2, -0.15) is 0 Å². The highest BCUT2D eigenvalue weighted by Crippen LogP contribution is 2.42. The highest BCUT2D eigenvalue weighted by atomic mass is 16.3. The molecule has 0 aliphatic heterocycles. The van der Waals surface area contributed by atoms with Gasteiger partial charge in [-0.3, -0.25) is 9.59 Å². The number of aliphatic hydroxyl groups excluding tert-OH is 2. The van der Waals surface area contributed by atoms with Crippen molar-refractivity contribution in [1.29, 1.82) is 0 Å². The number of nitrogens with one attached hydrogen (secondary N) is 2. The van der Waals surface area contributed by atoms with Crippen LogP contribution in [0.15, 0.2) is 24.3 Å². The number of carbonyl (C=O) groups is 2. The van der Waals surface area contributed by atoms with E-state index in [1.165, 1.54) is 38.1 Å². The fourth-order valence-electron chi connectivity index (χ4n) is 2.59. The molecule has 0 saturated heterocycles. The molecule has 0 spiro atoms. The molecule has 2 aromatic carbocycles. The van der Waals surface area contributed by atoms with E-state index in [2.05, 4.69) is 10.6 Å². The van der Waals surface area contributed by atoms with Gasteiger partial charge >= 0.3 is 0 Å². The summed E-state index contributed by atoms with van der Waals surface area (Å²) in [7, 11) is 0. The Balaban J connectivity index is 2.45. The van der Waals surface area contributed by atoms with Crippen molar-refractivity contribution < 1.29 is 19.8 Å². The van der Waals surface area contributed by atoms with Crippen molar-refractivity contribution in [3.8, 4) is 11.1 Å². The summed E-state index contributed by atoms with van der Waals surface area (Å²) in [5.74, 6) is -1.22. The van der Waals surface area contributed by atoms with Crippen molar-refractivity contribution in [2.45, 2.75) is 26.1 Å². The third-order valence-electron chi connectivity index (χ3n) is 3.94. The van der Waals surface area contributed by atoms with Crippen LogP contribution in [0.3, 0.4) is 0 Å². The quantitative estimate of drug-likeness (QED) is 0.334. The highest BCUT2D eigenvalue weighted by Gasteiger charge is 2.18. The van der Waals surface area contributed by atoms with E-state index in [4.69, 9.17) is 22.9 Å². The van der Waals surface area contributed by atoms with Crippen LogP contribution in [0.1, 0.15) is 13.8 Å². The minimum atomic E-state index is -1.20. The maximum absolute atomic E-state index is 11.6. The molecule has 0 aromatic heterocycles. The van der Waals surface area contributed by atoms with Gasteiger partial charge in [-0.05, 0) is 38.1 Å². The zero-order valence-corrected chi connectivity index (χ0v) is 15.5. The molecule has 2 atom stereocenters. The molecule has 0 radical (unpaired) electrons. The zero-order chi connectivity index (χ0) is 21.2. The maximum Gasteiger partial charge on any atom is 0.252 e. The molecule has 28 heavy (non-hydrogen) atoms. The van der Waals surface area contributed by atoms with Crippen molar-refractivity contribution in [3.05, 3.63) is 24.3 Å². The molecular weight excluding hydrogens is 364 g/mol. The predicted octanol–water partition coefficient (Wildman–Crippen LogP) is 0.321. The van der Waals surface area contributed by atoms with Gasteiger partial charge in [-0.25, -0.2) is 0 Å². The molecule has 0 aliphatic carbocycles. The fraction of sp³-hybridized carbons (Fsp3) is 0.222. The number of nitrogen functional groups attached to an aromatic ring is 4. The minimum absolute atomic E-state index is 0.208. The molecular formula is C18H24N6O4. The Morgan fingerprint density at radius 2 is 0.964 bits per heavy atom. The minimum Gasteiger partial charge on any atom is -0.398 e. The normalized spacial score (nSPS) is 12.9. The summed E-state index contributed by atoms with van der Waals surface area (Å²) in [6.45, 7) is 2.66. The van der Waals surface area contributed by atoms with Gasteiger partial charge in [0.05, 0.1) is 0 Å². The van der Waals surface area contributed by atoms with E-state index in [9.17, 15) is 19.8 Å². The molecule has 150 valence electrons. The van der Waals surface area contributed by atoms with E-state index in [1.54, 1.807) is 0 Å². The first-order valence-corrected chi connectivity index (χ1v) is 8.37. The number of anilines is 6. The third kappa shape index (κ3) is 4.42. The van der Waals surface area contributed by atoms with E-state index in [0.717, 1.165) is 0 Å². The molecule has 2 rings (SSSR count). The monoisotopic (exact) mass is 388 g/mol. The van der Waals surface area contributed by atoms with Gasteiger partial charge in [-0.1, -0.05) is 0 Å². The molecule has 12 N–H and O–H groups in total. The van der Waals surface area contributed by atoms with Gasteiger partial charge in [0, 0.05) is 45.3 Å². The van der Waals surface area contributed by atoms with Crippen LogP contribution in [0.25, 0.3) is 11.1 Å². The van der Waals surface area contributed by atoms with E-state index in [1.807, 2.05) is 0 Å².